The van der Waals surface area contributed by atoms with E-state index in [9.17, 15) is 0 Å². The van der Waals surface area contributed by atoms with E-state index >= 15 is 0 Å². The number of ether oxygens (including phenoxy) is 2. The van der Waals surface area contributed by atoms with E-state index in [-0.39, 0.29) is 6.10 Å². The average Bonchev–Trinajstić information content (AvgIpc) is 2.30. The van der Waals surface area contributed by atoms with E-state index < -0.39 is 0 Å². The lowest BCUT2D eigenvalue weighted by molar-refractivity contribution is -0.0111. The molecule has 1 aromatic rings. The lowest BCUT2D eigenvalue weighted by Gasteiger charge is -2.22. The topological polar surface area (TPSA) is 57.4 Å². The Bertz CT molecular complexity index is 294. The molecule has 4 nitrogen and oxygen atoms in total. The third-order valence-corrected chi connectivity index (χ3v) is 2.47. The summed E-state index contributed by atoms with van der Waals surface area (Å²) in [5.41, 5.74) is 5.47. The van der Waals surface area contributed by atoms with Crippen LogP contribution in [0.2, 0.25) is 0 Å². The number of aromatic nitrogens is 1. The van der Waals surface area contributed by atoms with Crippen LogP contribution in [0.1, 0.15) is 19.3 Å². The van der Waals surface area contributed by atoms with Crippen molar-refractivity contribution >= 4 is 5.82 Å². The molecular weight excluding hydrogens is 192 g/mol. The maximum absolute atomic E-state index is 5.56. The van der Waals surface area contributed by atoms with Gasteiger partial charge in [0.1, 0.15) is 18.2 Å². The van der Waals surface area contributed by atoms with Crippen molar-refractivity contribution in [3.8, 4) is 5.75 Å². The number of hydrogen-bond donors (Lipinski definition) is 1. The molecule has 0 saturated carbocycles. The van der Waals surface area contributed by atoms with Gasteiger partial charge in [-0.1, -0.05) is 0 Å². The summed E-state index contributed by atoms with van der Waals surface area (Å²) in [4.78, 5) is 3.95. The second-order valence-electron chi connectivity index (χ2n) is 3.72. The van der Waals surface area contributed by atoms with Gasteiger partial charge in [-0.15, -0.1) is 0 Å². The molecule has 15 heavy (non-hydrogen) atoms. The first-order valence-electron chi connectivity index (χ1n) is 5.30. The molecule has 1 saturated heterocycles. The predicted molar refractivity (Wildman–Crippen MR) is 57.7 cm³/mol. The summed E-state index contributed by atoms with van der Waals surface area (Å²) in [5.74, 6) is 1.26. The predicted octanol–water partition coefficient (Wildman–Crippen LogP) is 1.61. The molecule has 0 amide bonds. The second-order valence-corrected chi connectivity index (χ2v) is 3.72. The molecular formula is C11H16N2O2. The third-order valence-electron chi connectivity index (χ3n) is 2.47. The monoisotopic (exact) mass is 208 g/mol. The van der Waals surface area contributed by atoms with Crippen LogP contribution in [0.5, 0.6) is 5.75 Å². The SMILES string of the molecule is Nc1ccc(OCC2CCCCO2)cn1. The van der Waals surface area contributed by atoms with Gasteiger partial charge in [-0.25, -0.2) is 4.98 Å². The largest absolute Gasteiger partial charge is 0.489 e. The molecule has 2 heterocycles. The summed E-state index contributed by atoms with van der Waals surface area (Å²) in [7, 11) is 0. The Kier molecular flexibility index (Phi) is 3.40. The van der Waals surface area contributed by atoms with Crippen LogP contribution >= 0.6 is 0 Å². The van der Waals surface area contributed by atoms with Crippen LogP contribution in [0.25, 0.3) is 0 Å². The minimum absolute atomic E-state index is 0.233. The second kappa shape index (κ2) is 4.98. The van der Waals surface area contributed by atoms with Crippen LogP contribution in [0, 0.1) is 0 Å². The standard InChI is InChI=1S/C11H16N2O2/c12-11-5-4-9(7-13-11)15-8-10-3-1-2-6-14-10/h4-5,7,10H,1-3,6,8H2,(H2,12,13). The Hall–Kier alpha value is -1.29. The van der Waals surface area contributed by atoms with Gasteiger partial charge in [0.15, 0.2) is 0 Å². The molecule has 0 aromatic carbocycles. The minimum atomic E-state index is 0.233. The summed E-state index contributed by atoms with van der Waals surface area (Å²) in [6, 6.07) is 3.56. The van der Waals surface area contributed by atoms with E-state index in [0.717, 1.165) is 18.8 Å². The minimum Gasteiger partial charge on any atom is -0.489 e. The molecule has 1 aromatic heterocycles. The van der Waals surface area contributed by atoms with E-state index in [1.54, 1.807) is 12.3 Å². The van der Waals surface area contributed by atoms with Crippen molar-refractivity contribution in [3.63, 3.8) is 0 Å². The van der Waals surface area contributed by atoms with Crippen LogP contribution in [0.4, 0.5) is 5.82 Å². The molecule has 1 aliphatic rings. The van der Waals surface area contributed by atoms with Gasteiger partial charge in [0.05, 0.1) is 12.3 Å². The van der Waals surface area contributed by atoms with Gasteiger partial charge in [0.2, 0.25) is 0 Å². The first kappa shape index (κ1) is 10.2. The Morgan fingerprint density at radius 2 is 2.40 bits per heavy atom. The first-order valence-corrected chi connectivity index (χ1v) is 5.30. The maximum atomic E-state index is 5.56. The van der Waals surface area contributed by atoms with E-state index in [1.165, 1.54) is 12.8 Å². The van der Waals surface area contributed by atoms with Crippen LogP contribution < -0.4 is 10.5 Å². The van der Waals surface area contributed by atoms with Gasteiger partial charge in [0.25, 0.3) is 0 Å². The summed E-state index contributed by atoms with van der Waals surface area (Å²) >= 11 is 0. The Morgan fingerprint density at radius 3 is 3.07 bits per heavy atom. The fraction of sp³-hybridized carbons (Fsp3) is 0.545. The van der Waals surface area contributed by atoms with E-state index in [0.29, 0.717) is 12.4 Å². The lowest BCUT2D eigenvalue weighted by atomic mass is 10.1. The van der Waals surface area contributed by atoms with Crippen molar-refractivity contribution in [2.24, 2.45) is 0 Å². The van der Waals surface area contributed by atoms with Crippen molar-refractivity contribution in [1.82, 2.24) is 4.98 Å². The highest BCUT2D eigenvalue weighted by Crippen LogP contribution is 2.15. The molecule has 4 heteroatoms. The van der Waals surface area contributed by atoms with Crippen molar-refractivity contribution in [1.29, 1.82) is 0 Å². The maximum Gasteiger partial charge on any atom is 0.137 e. The van der Waals surface area contributed by atoms with Crippen LogP contribution in [-0.4, -0.2) is 24.3 Å². The summed E-state index contributed by atoms with van der Waals surface area (Å²) in [5, 5.41) is 0. The Morgan fingerprint density at radius 1 is 1.47 bits per heavy atom. The molecule has 2 rings (SSSR count). The molecule has 1 aliphatic heterocycles. The molecule has 0 bridgehead atoms. The number of anilines is 1. The Labute approximate surface area is 89.4 Å². The fourth-order valence-electron chi connectivity index (χ4n) is 1.61. The highest BCUT2D eigenvalue weighted by Gasteiger charge is 2.14. The van der Waals surface area contributed by atoms with Gasteiger partial charge < -0.3 is 15.2 Å². The normalized spacial score (nSPS) is 21.2. The molecule has 1 fully saturated rings. The quantitative estimate of drug-likeness (QED) is 0.819. The zero-order chi connectivity index (χ0) is 10.5. The molecule has 0 radical (unpaired) electrons. The average molecular weight is 208 g/mol. The highest BCUT2D eigenvalue weighted by molar-refractivity contribution is 5.32. The van der Waals surface area contributed by atoms with E-state index in [1.807, 2.05) is 6.07 Å². The number of pyridine rings is 1. The van der Waals surface area contributed by atoms with Crippen LogP contribution in [0.3, 0.4) is 0 Å². The number of nitrogens with zero attached hydrogens (tertiary/aromatic N) is 1. The van der Waals surface area contributed by atoms with Gasteiger partial charge >= 0.3 is 0 Å². The van der Waals surface area contributed by atoms with Crippen molar-refractivity contribution in [2.75, 3.05) is 18.9 Å². The van der Waals surface area contributed by atoms with Gasteiger partial charge in [0, 0.05) is 6.61 Å². The number of nitrogen functional groups attached to an aromatic ring is 1. The third kappa shape index (κ3) is 3.09. The zero-order valence-corrected chi connectivity index (χ0v) is 8.69. The Balaban J connectivity index is 1.79. The molecule has 1 unspecified atom stereocenters. The van der Waals surface area contributed by atoms with Crippen LogP contribution in [-0.2, 0) is 4.74 Å². The van der Waals surface area contributed by atoms with Gasteiger partial charge in [-0.05, 0) is 31.4 Å². The fourth-order valence-corrected chi connectivity index (χ4v) is 1.61. The molecule has 0 aliphatic carbocycles. The van der Waals surface area contributed by atoms with E-state index in [2.05, 4.69) is 4.98 Å². The van der Waals surface area contributed by atoms with Crippen molar-refractivity contribution in [2.45, 2.75) is 25.4 Å². The lowest BCUT2D eigenvalue weighted by Crippen LogP contribution is -2.25. The van der Waals surface area contributed by atoms with Gasteiger partial charge in [-0.2, -0.15) is 0 Å². The zero-order valence-electron chi connectivity index (χ0n) is 8.69. The van der Waals surface area contributed by atoms with Crippen LogP contribution in [0.15, 0.2) is 18.3 Å². The summed E-state index contributed by atoms with van der Waals surface area (Å²) < 4.78 is 11.1. The first-order chi connectivity index (χ1) is 7.34. The smallest absolute Gasteiger partial charge is 0.137 e. The number of nitrogens with two attached hydrogens (primary N) is 1. The number of hydrogen-bond acceptors (Lipinski definition) is 4. The molecule has 82 valence electrons. The van der Waals surface area contributed by atoms with E-state index in [4.69, 9.17) is 15.2 Å². The molecule has 1 atom stereocenters. The van der Waals surface area contributed by atoms with Gasteiger partial charge in [-0.3, -0.25) is 0 Å². The van der Waals surface area contributed by atoms with Crippen molar-refractivity contribution < 1.29 is 9.47 Å². The van der Waals surface area contributed by atoms with Crippen molar-refractivity contribution in [3.05, 3.63) is 18.3 Å². The summed E-state index contributed by atoms with van der Waals surface area (Å²) in [6.45, 7) is 1.46. The number of rotatable bonds is 3. The summed E-state index contributed by atoms with van der Waals surface area (Å²) in [6.07, 6.45) is 5.35. The highest BCUT2D eigenvalue weighted by atomic mass is 16.5. The molecule has 0 spiro atoms. The molecule has 2 N–H and O–H groups in total.